The van der Waals surface area contributed by atoms with E-state index in [9.17, 15) is 27.7 Å². The molecule has 1 aliphatic rings. The SMILES string of the molecule is CC1=C(C(=O)c2ccc(-n3cncn3)cc2C(F)(F)F)C(CC(=O)c2ccccc2)N(C)[N+]1=O. The molecule has 34 heavy (non-hydrogen) atoms. The molecule has 1 aliphatic heterocycles. The summed E-state index contributed by atoms with van der Waals surface area (Å²) in [6.45, 7) is 1.35. The predicted octanol–water partition coefficient (Wildman–Crippen LogP) is 4.02. The molecule has 0 radical (unpaired) electrons. The third-order valence-electron chi connectivity index (χ3n) is 5.70. The van der Waals surface area contributed by atoms with Crippen molar-refractivity contribution in [2.75, 3.05) is 7.05 Å². The molecule has 3 aromatic rings. The second kappa shape index (κ2) is 8.65. The van der Waals surface area contributed by atoms with Crippen LogP contribution in [0, 0.1) is 4.91 Å². The predicted molar refractivity (Wildman–Crippen MR) is 114 cm³/mol. The second-order valence-electron chi connectivity index (χ2n) is 7.75. The number of rotatable bonds is 6. The summed E-state index contributed by atoms with van der Waals surface area (Å²) in [5.74, 6) is -1.31. The number of allylic oxidation sites excluding steroid dienone is 1. The van der Waals surface area contributed by atoms with Gasteiger partial charge in [-0.05, 0) is 18.2 Å². The van der Waals surface area contributed by atoms with Gasteiger partial charge in [0.25, 0.3) is 5.70 Å². The molecule has 0 saturated heterocycles. The Labute approximate surface area is 191 Å². The lowest BCUT2D eigenvalue weighted by molar-refractivity contribution is -0.656. The number of benzene rings is 2. The minimum absolute atomic E-state index is 0.0631. The lowest BCUT2D eigenvalue weighted by Gasteiger charge is -2.18. The molecule has 0 fully saturated rings. The fourth-order valence-electron chi connectivity index (χ4n) is 3.96. The minimum atomic E-state index is -4.85. The van der Waals surface area contributed by atoms with Crippen LogP contribution in [-0.2, 0) is 6.18 Å². The van der Waals surface area contributed by atoms with Crippen molar-refractivity contribution >= 4 is 11.6 Å². The van der Waals surface area contributed by atoms with Gasteiger partial charge in [-0.1, -0.05) is 30.3 Å². The van der Waals surface area contributed by atoms with Gasteiger partial charge >= 0.3 is 6.18 Å². The molecule has 4 rings (SSSR count). The molecule has 0 saturated carbocycles. The van der Waals surface area contributed by atoms with E-state index in [4.69, 9.17) is 0 Å². The van der Waals surface area contributed by atoms with Crippen molar-refractivity contribution in [2.45, 2.75) is 25.6 Å². The normalized spacial score (nSPS) is 16.3. The Hall–Kier alpha value is -4.15. The number of ketones is 2. The molecule has 0 spiro atoms. The van der Waals surface area contributed by atoms with Crippen molar-refractivity contribution in [3.05, 3.63) is 94.1 Å². The summed E-state index contributed by atoms with van der Waals surface area (Å²) in [7, 11) is 1.39. The quantitative estimate of drug-likeness (QED) is 0.399. The highest BCUT2D eigenvalue weighted by molar-refractivity contribution is 6.11. The first-order chi connectivity index (χ1) is 16.1. The van der Waals surface area contributed by atoms with Gasteiger partial charge in [0.05, 0.1) is 23.2 Å². The summed E-state index contributed by atoms with van der Waals surface area (Å²) in [6, 6.07) is 10.4. The monoisotopic (exact) mass is 470 g/mol. The number of halogens is 3. The van der Waals surface area contributed by atoms with Crippen LogP contribution in [0.3, 0.4) is 0 Å². The summed E-state index contributed by atoms with van der Waals surface area (Å²) in [5, 5.41) is 4.96. The number of hydrogen-bond acceptors (Lipinski definition) is 5. The third-order valence-corrected chi connectivity index (χ3v) is 5.70. The molecule has 0 bridgehead atoms. The smallest absolute Gasteiger partial charge is 0.294 e. The van der Waals surface area contributed by atoms with Crippen LogP contribution in [-0.4, -0.2) is 49.3 Å². The number of nitroso groups, excluding NO2 is 1. The van der Waals surface area contributed by atoms with E-state index in [1.807, 2.05) is 0 Å². The molecule has 2 heterocycles. The maximum absolute atomic E-state index is 13.9. The molecule has 1 aromatic heterocycles. The van der Waals surface area contributed by atoms with Crippen LogP contribution in [0.5, 0.6) is 0 Å². The van der Waals surface area contributed by atoms with Crippen molar-refractivity contribution in [1.29, 1.82) is 0 Å². The first kappa shape index (κ1) is 23.0. The molecule has 0 N–H and O–H groups in total. The lowest BCUT2D eigenvalue weighted by Crippen LogP contribution is -2.35. The zero-order valence-corrected chi connectivity index (χ0v) is 18.2. The first-order valence-corrected chi connectivity index (χ1v) is 10.2. The zero-order valence-electron chi connectivity index (χ0n) is 18.2. The van der Waals surface area contributed by atoms with E-state index >= 15 is 0 Å². The average molecular weight is 470 g/mol. The largest absolute Gasteiger partial charge is 0.417 e. The van der Waals surface area contributed by atoms with Crippen molar-refractivity contribution < 1.29 is 27.6 Å². The molecular weight excluding hydrogens is 451 g/mol. The summed E-state index contributed by atoms with van der Waals surface area (Å²) >= 11 is 0. The van der Waals surface area contributed by atoms with Crippen molar-refractivity contribution in [3.8, 4) is 5.69 Å². The van der Waals surface area contributed by atoms with Gasteiger partial charge in [0, 0.05) is 24.5 Å². The number of alkyl halides is 3. The van der Waals surface area contributed by atoms with E-state index in [0.29, 0.717) is 10.4 Å². The Kier molecular flexibility index (Phi) is 5.86. The molecule has 1 unspecified atom stereocenters. The third kappa shape index (κ3) is 4.12. The van der Waals surface area contributed by atoms with Gasteiger partial charge in [-0.3, -0.25) is 9.59 Å². The van der Waals surface area contributed by atoms with Gasteiger partial charge in [0.1, 0.15) is 24.3 Å². The van der Waals surface area contributed by atoms with Crippen LogP contribution >= 0.6 is 0 Å². The van der Waals surface area contributed by atoms with Gasteiger partial charge in [0.15, 0.2) is 16.4 Å². The Morgan fingerprint density at radius 1 is 1.12 bits per heavy atom. The summed E-state index contributed by atoms with van der Waals surface area (Å²) in [6.07, 6.45) is -2.70. The first-order valence-electron chi connectivity index (χ1n) is 10.2. The highest BCUT2D eigenvalue weighted by atomic mass is 19.4. The summed E-state index contributed by atoms with van der Waals surface area (Å²) in [4.78, 5) is 42.9. The van der Waals surface area contributed by atoms with Crippen LogP contribution in [0.4, 0.5) is 13.2 Å². The van der Waals surface area contributed by atoms with E-state index in [1.165, 1.54) is 32.7 Å². The Balaban J connectivity index is 1.75. The molecule has 174 valence electrons. The molecule has 8 nitrogen and oxygen atoms in total. The zero-order chi connectivity index (χ0) is 24.6. The second-order valence-corrected chi connectivity index (χ2v) is 7.75. The van der Waals surface area contributed by atoms with Crippen LogP contribution in [0.2, 0.25) is 0 Å². The number of aromatic nitrogens is 3. The van der Waals surface area contributed by atoms with Gasteiger partial charge in [-0.15, -0.1) is 5.01 Å². The number of carbonyl (C=O) groups excluding carboxylic acids is 2. The molecule has 0 amide bonds. The Morgan fingerprint density at radius 2 is 1.82 bits per heavy atom. The van der Waals surface area contributed by atoms with E-state index in [0.717, 1.165) is 21.8 Å². The lowest BCUT2D eigenvalue weighted by atomic mass is 9.89. The number of hydrogen-bond donors (Lipinski definition) is 0. The minimum Gasteiger partial charge on any atom is -0.294 e. The highest BCUT2D eigenvalue weighted by Crippen LogP contribution is 2.37. The number of Topliss-reactive ketones (excluding diaryl/α,β-unsaturated/α-hetero) is 2. The van der Waals surface area contributed by atoms with Crippen LogP contribution in [0.1, 0.15) is 39.6 Å². The molecule has 11 heteroatoms. The van der Waals surface area contributed by atoms with Gasteiger partial charge in [0.2, 0.25) is 0 Å². The fourth-order valence-corrected chi connectivity index (χ4v) is 3.96. The molecule has 1 atom stereocenters. The fraction of sp³-hybridized carbons (Fsp3) is 0.217. The van der Waals surface area contributed by atoms with Gasteiger partial charge < -0.3 is 0 Å². The van der Waals surface area contributed by atoms with Crippen molar-refractivity contribution in [3.63, 3.8) is 0 Å². The maximum atomic E-state index is 13.9. The van der Waals surface area contributed by atoms with E-state index in [-0.39, 0.29) is 29.2 Å². The van der Waals surface area contributed by atoms with Crippen LogP contribution < -0.4 is 0 Å². The molecule has 2 aromatic carbocycles. The van der Waals surface area contributed by atoms with Crippen LogP contribution in [0.15, 0.2) is 72.5 Å². The maximum Gasteiger partial charge on any atom is 0.417 e. The Bertz CT molecular complexity index is 1300. The number of nitrogens with zero attached hydrogens (tertiary/aromatic N) is 5. The Morgan fingerprint density at radius 3 is 2.44 bits per heavy atom. The summed E-state index contributed by atoms with van der Waals surface area (Å²) < 4.78 is 43.0. The number of carbonyl (C=O) groups is 2. The van der Waals surface area contributed by atoms with Crippen LogP contribution in [0.25, 0.3) is 5.69 Å². The van der Waals surface area contributed by atoms with E-state index in [1.54, 1.807) is 30.3 Å². The van der Waals surface area contributed by atoms with Crippen molar-refractivity contribution in [1.82, 2.24) is 19.8 Å². The summed E-state index contributed by atoms with van der Waals surface area (Å²) in [5.41, 5.74) is -1.57. The highest BCUT2D eigenvalue weighted by Gasteiger charge is 2.48. The number of likely N-dealkylation sites (N-methyl/N-ethyl adjacent to an activating group) is 1. The van der Waals surface area contributed by atoms with Crippen molar-refractivity contribution in [2.24, 2.45) is 0 Å². The van der Waals surface area contributed by atoms with E-state index < -0.39 is 29.1 Å². The number of hydrazine groups is 1. The molecule has 0 aliphatic carbocycles. The topological polar surface area (TPSA) is 88.2 Å². The standard InChI is InChI=1S/C23H19F3N5O3/c1-14-21(19(29(2)31(14)34)11-20(32)15-6-4-3-5-7-15)22(33)17-9-8-16(30-13-27-12-28-30)10-18(17)23(24,25)26/h3-10,12-13,19H,11H2,1-2H3/q+1. The van der Waals surface area contributed by atoms with Gasteiger partial charge in [-0.25, -0.2) is 9.67 Å². The molecular formula is C23H19F3N5O3+. The van der Waals surface area contributed by atoms with E-state index in [2.05, 4.69) is 10.1 Å². The average Bonchev–Trinajstić information content (AvgIpc) is 3.43. The van der Waals surface area contributed by atoms with Gasteiger partial charge in [-0.2, -0.15) is 18.3 Å².